The third-order valence-electron chi connectivity index (χ3n) is 5.10. The normalized spacial score (nSPS) is 11.6. The lowest BCUT2D eigenvalue weighted by Crippen LogP contribution is -1.92. The zero-order valence-corrected chi connectivity index (χ0v) is 18.2. The van der Waals surface area contributed by atoms with Crippen molar-refractivity contribution >= 4 is 62.7 Å². The van der Waals surface area contributed by atoms with E-state index in [0.29, 0.717) is 27.7 Å². The van der Waals surface area contributed by atoms with Crippen LogP contribution >= 0.6 is 23.2 Å². The fraction of sp³-hybridized carbons (Fsp3) is 0. The molecule has 0 amide bonds. The lowest BCUT2D eigenvalue weighted by molar-refractivity contribution is -0.385. The molecule has 0 bridgehead atoms. The zero-order chi connectivity index (χ0) is 23.1. The zero-order valence-electron chi connectivity index (χ0n) is 16.7. The molecule has 7 nitrogen and oxygen atoms in total. The van der Waals surface area contributed by atoms with E-state index in [-0.39, 0.29) is 10.6 Å². The number of aromatic nitrogens is 1. The number of phenolic OH excluding ortho intramolecular Hbond substituents is 1. The maximum absolute atomic E-state index is 11.1. The minimum Gasteiger partial charge on any atom is -0.502 e. The molecular weight excluding hydrogens is 465 g/mol. The Hall–Kier alpha value is -3.94. The number of hydrogen-bond donors (Lipinski definition) is 1. The molecule has 5 aromatic rings. The standard InChI is InChI=1S/C24H13Cl2N3O4/c25-14-9-13(23(30)21(10-14)29(31)32)12-27-15-7-8-22-20(11-15)28-24(33-22)18-5-1-4-17-16(18)3-2-6-19(17)26/h1-12,30H. The number of oxazole rings is 1. The van der Waals surface area contributed by atoms with Crippen LogP contribution in [0, 0.1) is 10.1 Å². The van der Waals surface area contributed by atoms with E-state index in [1.807, 2.05) is 36.4 Å². The fourth-order valence-electron chi connectivity index (χ4n) is 3.56. The molecule has 162 valence electrons. The SMILES string of the molecule is O=[N+]([O-])c1cc(Cl)cc(C=Nc2ccc3oc(-c4cccc5c(Cl)cccc45)nc3c2)c1O. The Morgan fingerprint density at radius 2 is 1.82 bits per heavy atom. The fourth-order valence-corrected chi connectivity index (χ4v) is 4.01. The molecule has 33 heavy (non-hydrogen) atoms. The van der Waals surface area contributed by atoms with E-state index in [9.17, 15) is 15.2 Å². The summed E-state index contributed by atoms with van der Waals surface area (Å²) in [5.41, 5.74) is 2.13. The molecule has 0 atom stereocenters. The van der Waals surface area contributed by atoms with Gasteiger partial charge in [-0.3, -0.25) is 15.1 Å². The molecule has 0 saturated heterocycles. The summed E-state index contributed by atoms with van der Waals surface area (Å²) in [6.45, 7) is 0. The van der Waals surface area contributed by atoms with Crippen molar-refractivity contribution in [3.05, 3.63) is 92.5 Å². The number of fused-ring (bicyclic) bond motifs is 2. The number of rotatable bonds is 4. The quantitative estimate of drug-likeness (QED) is 0.166. The predicted octanol–water partition coefficient (Wildman–Crippen LogP) is 7.32. The molecule has 0 spiro atoms. The van der Waals surface area contributed by atoms with Crippen LogP contribution in [0.15, 0.2) is 76.1 Å². The van der Waals surface area contributed by atoms with Gasteiger partial charge >= 0.3 is 5.69 Å². The second-order valence-electron chi connectivity index (χ2n) is 7.19. The summed E-state index contributed by atoms with van der Waals surface area (Å²) in [4.78, 5) is 19.3. The maximum atomic E-state index is 11.1. The largest absolute Gasteiger partial charge is 0.502 e. The second kappa shape index (κ2) is 8.20. The van der Waals surface area contributed by atoms with Crippen LogP contribution in [0.25, 0.3) is 33.3 Å². The number of nitro benzene ring substituents is 1. The second-order valence-corrected chi connectivity index (χ2v) is 8.03. The molecule has 0 saturated carbocycles. The Bertz CT molecular complexity index is 1590. The summed E-state index contributed by atoms with van der Waals surface area (Å²) in [6.07, 6.45) is 1.31. The van der Waals surface area contributed by atoms with Crippen molar-refractivity contribution in [2.45, 2.75) is 0 Å². The predicted molar refractivity (Wildman–Crippen MR) is 129 cm³/mol. The molecule has 0 aliphatic rings. The van der Waals surface area contributed by atoms with Crippen molar-refractivity contribution in [2.75, 3.05) is 0 Å². The van der Waals surface area contributed by atoms with Gasteiger partial charge in [0.1, 0.15) is 5.52 Å². The van der Waals surface area contributed by atoms with Gasteiger partial charge in [0.05, 0.1) is 10.6 Å². The third kappa shape index (κ3) is 3.88. The van der Waals surface area contributed by atoms with E-state index in [1.165, 1.54) is 12.3 Å². The summed E-state index contributed by atoms with van der Waals surface area (Å²) in [5.74, 6) is -0.0605. The smallest absolute Gasteiger partial charge is 0.312 e. The van der Waals surface area contributed by atoms with Gasteiger partial charge in [-0.25, -0.2) is 4.98 Å². The number of aliphatic imine (C=N–C) groups is 1. The number of nitrogens with zero attached hydrogens (tertiary/aromatic N) is 3. The molecule has 1 aromatic heterocycles. The van der Waals surface area contributed by atoms with Gasteiger partial charge in [0.2, 0.25) is 11.6 Å². The summed E-state index contributed by atoms with van der Waals surface area (Å²) in [7, 11) is 0. The lowest BCUT2D eigenvalue weighted by atomic mass is 10.0. The summed E-state index contributed by atoms with van der Waals surface area (Å²) >= 11 is 12.2. The summed E-state index contributed by atoms with van der Waals surface area (Å²) in [6, 6.07) is 19.0. The van der Waals surface area contributed by atoms with Gasteiger partial charge in [0.25, 0.3) is 0 Å². The maximum Gasteiger partial charge on any atom is 0.312 e. The molecule has 0 radical (unpaired) electrons. The number of phenols is 1. The molecule has 0 aliphatic carbocycles. The molecule has 0 aliphatic heterocycles. The summed E-state index contributed by atoms with van der Waals surface area (Å²) < 4.78 is 5.96. The van der Waals surface area contributed by atoms with Crippen LogP contribution in [0.4, 0.5) is 11.4 Å². The van der Waals surface area contributed by atoms with Gasteiger partial charge in [-0.1, -0.05) is 47.5 Å². The van der Waals surface area contributed by atoms with Crippen molar-refractivity contribution in [3.63, 3.8) is 0 Å². The Kier molecular flexibility index (Phi) is 5.20. The number of halogens is 2. The van der Waals surface area contributed by atoms with Crippen molar-refractivity contribution in [1.29, 1.82) is 0 Å². The minimum absolute atomic E-state index is 0.118. The molecule has 4 aromatic carbocycles. The van der Waals surface area contributed by atoms with E-state index in [1.54, 1.807) is 18.2 Å². The molecule has 1 heterocycles. The van der Waals surface area contributed by atoms with Crippen molar-refractivity contribution in [1.82, 2.24) is 4.98 Å². The van der Waals surface area contributed by atoms with Gasteiger partial charge < -0.3 is 9.52 Å². The van der Waals surface area contributed by atoms with Gasteiger partial charge in [-0.2, -0.15) is 0 Å². The van der Waals surface area contributed by atoms with Crippen LogP contribution in [0.3, 0.4) is 0 Å². The first-order valence-electron chi connectivity index (χ1n) is 9.70. The number of nitro groups is 1. The van der Waals surface area contributed by atoms with E-state index < -0.39 is 16.4 Å². The van der Waals surface area contributed by atoms with Crippen LogP contribution in [-0.2, 0) is 0 Å². The highest BCUT2D eigenvalue weighted by Gasteiger charge is 2.18. The van der Waals surface area contributed by atoms with Gasteiger partial charge in [-0.15, -0.1) is 0 Å². The Labute approximate surface area is 196 Å². The van der Waals surface area contributed by atoms with E-state index >= 15 is 0 Å². The first-order chi connectivity index (χ1) is 15.9. The third-order valence-corrected chi connectivity index (χ3v) is 5.65. The minimum atomic E-state index is -0.706. The molecule has 9 heteroatoms. The van der Waals surface area contributed by atoms with Crippen LogP contribution in [0.2, 0.25) is 10.0 Å². The number of hydrogen-bond acceptors (Lipinski definition) is 6. The van der Waals surface area contributed by atoms with Gasteiger partial charge in [0, 0.05) is 38.8 Å². The first kappa shape index (κ1) is 20.9. The highest BCUT2D eigenvalue weighted by atomic mass is 35.5. The van der Waals surface area contributed by atoms with E-state index in [0.717, 1.165) is 22.4 Å². The van der Waals surface area contributed by atoms with Crippen molar-refractivity contribution in [3.8, 4) is 17.2 Å². The van der Waals surface area contributed by atoms with Crippen LogP contribution < -0.4 is 0 Å². The van der Waals surface area contributed by atoms with E-state index in [4.69, 9.17) is 27.6 Å². The summed E-state index contributed by atoms with van der Waals surface area (Å²) in [5, 5.41) is 23.8. The Morgan fingerprint density at radius 1 is 1.03 bits per heavy atom. The topological polar surface area (TPSA) is 102 Å². The first-order valence-corrected chi connectivity index (χ1v) is 10.5. The van der Waals surface area contributed by atoms with Gasteiger partial charge in [-0.05, 0) is 41.8 Å². The molecule has 1 N–H and O–H groups in total. The monoisotopic (exact) mass is 477 g/mol. The Balaban J connectivity index is 1.53. The number of aromatic hydroxyl groups is 1. The van der Waals surface area contributed by atoms with E-state index in [2.05, 4.69) is 9.98 Å². The van der Waals surface area contributed by atoms with Crippen LogP contribution in [0.5, 0.6) is 5.75 Å². The average molecular weight is 478 g/mol. The Morgan fingerprint density at radius 3 is 2.64 bits per heavy atom. The van der Waals surface area contributed by atoms with Crippen molar-refractivity contribution < 1.29 is 14.4 Å². The molecule has 0 fully saturated rings. The van der Waals surface area contributed by atoms with Gasteiger partial charge in [0.15, 0.2) is 5.58 Å². The van der Waals surface area contributed by atoms with Crippen LogP contribution in [0.1, 0.15) is 5.56 Å². The van der Waals surface area contributed by atoms with Crippen molar-refractivity contribution in [2.24, 2.45) is 4.99 Å². The number of benzene rings is 4. The highest BCUT2D eigenvalue weighted by molar-refractivity contribution is 6.35. The molecular formula is C24H13Cl2N3O4. The average Bonchev–Trinajstić information content (AvgIpc) is 3.22. The molecule has 5 rings (SSSR count). The molecule has 0 unspecified atom stereocenters. The highest BCUT2D eigenvalue weighted by Crippen LogP contribution is 2.35. The lowest BCUT2D eigenvalue weighted by Gasteiger charge is -2.04. The van der Waals surface area contributed by atoms with Crippen LogP contribution in [-0.4, -0.2) is 21.2 Å².